The molecule has 1 heterocycles. The highest BCUT2D eigenvalue weighted by atomic mass is 16.5. The fourth-order valence-electron chi connectivity index (χ4n) is 2.16. The lowest BCUT2D eigenvalue weighted by Gasteiger charge is -2.07. The van der Waals surface area contributed by atoms with Crippen LogP contribution in [0.3, 0.4) is 0 Å². The zero-order chi connectivity index (χ0) is 17.2. The van der Waals surface area contributed by atoms with Gasteiger partial charge in [0, 0.05) is 30.1 Å². The predicted octanol–water partition coefficient (Wildman–Crippen LogP) is 3.29. The molecule has 0 unspecified atom stereocenters. The van der Waals surface area contributed by atoms with Gasteiger partial charge in [0.15, 0.2) is 0 Å². The molecule has 0 spiro atoms. The number of hydrogen-bond acceptors (Lipinski definition) is 5. The number of hydrogen-bond donors (Lipinski definition) is 0. The van der Waals surface area contributed by atoms with Crippen LogP contribution in [-0.2, 0) is 16.0 Å². The molecule has 0 aliphatic carbocycles. The lowest BCUT2D eigenvalue weighted by Crippen LogP contribution is -2.03. The molecule has 0 radical (unpaired) electrons. The van der Waals surface area contributed by atoms with E-state index >= 15 is 0 Å². The number of carbonyl (C=O) groups excluding carboxylic acids is 1. The molecule has 0 aliphatic heterocycles. The van der Waals surface area contributed by atoms with Crippen LogP contribution in [0.2, 0.25) is 0 Å². The molecule has 5 heteroatoms. The first-order valence-electron chi connectivity index (χ1n) is 7.68. The van der Waals surface area contributed by atoms with E-state index in [4.69, 9.17) is 14.2 Å². The highest BCUT2D eigenvalue weighted by Crippen LogP contribution is 2.25. The second kappa shape index (κ2) is 9.35. The average Bonchev–Trinajstić information content (AvgIpc) is 2.64. The van der Waals surface area contributed by atoms with E-state index in [9.17, 15) is 4.79 Å². The van der Waals surface area contributed by atoms with Crippen LogP contribution in [0.1, 0.15) is 17.5 Å². The summed E-state index contributed by atoms with van der Waals surface area (Å²) in [6.45, 7) is 0.380. The second-order valence-electron chi connectivity index (χ2n) is 5.07. The van der Waals surface area contributed by atoms with Crippen LogP contribution in [0.25, 0.3) is 6.08 Å². The van der Waals surface area contributed by atoms with Crippen LogP contribution in [0, 0.1) is 0 Å². The van der Waals surface area contributed by atoms with Gasteiger partial charge in [0.1, 0.15) is 11.5 Å². The van der Waals surface area contributed by atoms with Crippen LogP contribution >= 0.6 is 0 Å². The molecule has 2 rings (SSSR count). The standard InChI is InChI=1S/C19H21NO4/c1-22-17-7-5-16(18(14-17)23-2)6-8-19(21)24-13-3-4-15-9-11-20-12-10-15/h5-12,14H,3-4,13H2,1-2H3. The smallest absolute Gasteiger partial charge is 0.330 e. The third-order valence-corrected chi connectivity index (χ3v) is 3.44. The number of methoxy groups -OCH3 is 2. The number of aromatic nitrogens is 1. The number of carbonyl (C=O) groups is 1. The number of esters is 1. The van der Waals surface area contributed by atoms with E-state index in [1.807, 2.05) is 24.3 Å². The third-order valence-electron chi connectivity index (χ3n) is 3.44. The Kier molecular flexibility index (Phi) is 6.83. The quantitative estimate of drug-likeness (QED) is 0.423. The third kappa shape index (κ3) is 5.43. The first kappa shape index (κ1) is 17.5. The van der Waals surface area contributed by atoms with Crippen molar-refractivity contribution in [1.29, 1.82) is 0 Å². The topological polar surface area (TPSA) is 57.7 Å². The molecule has 5 nitrogen and oxygen atoms in total. The van der Waals surface area contributed by atoms with Crippen molar-refractivity contribution in [3.8, 4) is 11.5 Å². The van der Waals surface area contributed by atoms with Crippen LogP contribution < -0.4 is 9.47 Å². The molecule has 2 aromatic rings. The Labute approximate surface area is 141 Å². The maximum atomic E-state index is 11.8. The molecule has 0 fully saturated rings. The maximum Gasteiger partial charge on any atom is 0.330 e. The second-order valence-corrected chi connectivity index (χ2v) is 5.07. The summed E-state index contributed by atoms with van der Waals surface area (Å²) in [5.74, 6) is 0.960. The number of nitrogens with zero attached hydrogens (tertiary/aromatic N) is 1. The van der Waals surface area contributed by atoms with Gasteiger partial charge in [-0.25, -0.2) is 4.79 Å². The fourth-order valence-corrected chi connectivity index (χ4v) is 2.16. The summed E-state index contributed by atoms with van der Waals surface area (Å²) in [4.78, 5) is 15.7. The summed E-state index contributed by atoms with van der Waals surface area (Å²) >= 11 is 0. The Morgan fingerprint density at radius 1 is 1.12 bits per heavy atom. The Morgan fingerprint density at radius 3 is 2.62 bits per heavy atom. The van der Waals surface area contributed by atoms with E-state index in [-0.39, 0.29) is 5.97 Å². The minimum atomic E-state index is -0.373. The fraction of sp³-hybridized carbons (Fsp3) is 0.263. The largest absolute Gasteiger partial charge is 0.497 e. The molecule has 0 amide bonds. The summed E-state index contributed by atoms with van der Waals surface area (Å²) in [6, 6.07) is 9.31. The van der Waals surface area contributed by atoms with Crippen LogP contribution in [0.5, 0.6) is 11.5 Å². The Morgan fingerprint density at radius 2 is 1.92 bits per heavy atom. The van der Waals surface area contributed by atoms with Gasteiger partial charge in [-0.05, 0) is 48.7 Å². The van der Waals surface area contributed by atoms with E-state index in [1.165, 1.54) is 11.6 Å². The predicted molar refractivity (Wildman–Crippen MR) is 92.1 cm³/mol. The first-order valence-corrected chi connectivity index (χ1v) is 7.68. The molecular formula is C19H21NO4. The molecule has 0 atom stereocenters. The normalized spacial score (nSPS) is 10.6. The van der Waals surface area contributed by atoms with Gasteiger partial charge in [0.2, 0.25) is 0 Å². The zero-order valence-corrected chi connectivity index (χ0v) is 13.9. The Bertz CT molecular complexity index is 683. The van der Waals surface area contributed by atoms with E-state index in [2.05, 4.69) is 4.98 Å². The molecule has 0 saturated carbocycles. The van der Waals surface area contributed by atoms with Gasteiger partial charge >= 0.3 is 5.97 Å². The van der Waals surface area contributed by atoms with Crippen molar-refractivity contribution >= 4 is 12.0 Å². The number of benzene rings is 1. The maximum absolute atomic E-state index is 11.8. The molecule has 0 N–H and O–H groups in total. The number of pyridine rings is 1. The van der Waals surface area contributed by atoms with Gasteiger partial charge in [-0.3, -0.25) is 4.98 Å². The van der Waals surface area contributed by atoms with Crippen molar-refractivity contribution in [2.45, 2.75) is 12.8 Å². The first-order chi connectivity index (χ1) is 11.7. The number of aryl methyl sites for hydroxylation is 1. The van der Waals surface area contributed by atoms with Gasteiger partial charge in [-0.2, -0.15) is 0 Å². The SMILES string of the molecule is COc1ccc(C=CC(=O)OCCCc2ccncc2)c(OC)c1. The summed E-state index contributed by atoms with van der Waals surface area (Å²) in [6.07, 6.45) is 8.21. The van der Waals surface area contributed by atoms with Crippen LogP contribution in [0.15, 0.2) is 48.8 Å². The lowest BCUT2D eigenvalue weighted by atomic mass is 10.1. The highest BCUT2D eigenvalue weighted by molar-refractivity contribution is 5.87. The number of ether oxygens (including phenoxy) is 3. The van der Waals surface area contributed by atoms with Crippen molar-refractivity contribution in [2.24, 2.45) is 0 Å². The van der Waals surface area contributed by atoms with Crippen molar-refractivity contribution in [1.82, 2.24) is 4.98 Å². The van der Waals surface area contributed by atoms with Gasteiger partial charge in [-0.15, -0.1) is 0 Å². The van der Waals surface area contributed by atoms with Crippen LogP contribution in [-0.4, -0.2) is 31.8 Å². The minimum Gasteiger partial charge on any atom is -0.497 e. The van der Waals surface area contributed by atoms with E-state index in [0.717, 1.165) is 18.4 Å². The zero-order valence-electron chi connectivity index (χ0n) is 13.9. The molecule has 1 aromatic heterocycles. The Hall–Kier alpha value is -2.82. The summed E-state index contributed by atoms with van der Waals surface area (Å²) in [7, 11) is 3.16. The molecule has 0 bridgehead atoms. The molecule has 1 aromatic carbocycles. The number of rotatable bonds is 8. The highest BCUT2D eigenvalue weighted by Gasteiger charge is 2.03. The van der Waals surface area contributed by atoms with Crippen molar-refractivity contribution in [3.05, 3.63) is 59.9 Å². The molecule has 0 aliphatic rings. The Balaban J connectivity index is 1.80. The molecule has 126 valence electrons. The molecular weight excluding hydrogens is 306 g/mol. The van der Waals surface area contributed by atoms with Crippen molar-refractivity contribution in [2.75, 3.05) is 20.8 Å². The summed E-state index contributed by atoms with van der Waals surface area (Å²) < 4.78 is 15.6. The van der Waals surface area contributed by atoms with Crippen LogP contribution in [0.4, 0.5) is 0 Å². The van der Waals surface area contributed by atoms with Gasteiger partial charge in [0.05, 0.1) is 20.8 Å². The summed E-state index contributed by atoms with van der Waals surface area (Å²) in [5.41, 5.74) is 1.96. The van der Waals surface area contributed by atoms with Gasteiger partial charge in [-0.1, -0.05) is 0 Å². The summed E-state index contributed by atoms with van der Waals surface area (Å²) in [5, 5.41) is 0. The van der Waals surface area contributed by atoms with Gasteiger partial charge < -0.3 is 14.2 Å². The monoisotopic (exact) mass is 327 g/mol. The average molecular weight is 327 g/mol. The van der Waals surface area contributed by atoms with Crippen molar-refractivity contribution < 1.29 is 19.0 Å². The van der Waals surface area contributed by atoms with Gasteiger partial charge in [0.25, 0.3) is 0 Å². The molecule has 0 saturated heterocycles. The van der Waals surface area contributed by atoms with E-state index in [1.54, 1.807) is 38.8 Å². The molecule has 24 heavy (non-hydrogen) atoms. The minimum absolute atomic E-state index is 0.373. The van der Waals surface area contributed by atoms with E-state index < -0.39 is 0 Å². The lowest BCUT2D eigenvalue weighted by molar-refractivity contribution is -0.137. The van der Waals surface area contributed by atoms with E-state index in [0.29, 0.717) is 18.1 Å². The van der Waals surface area contributed by atoms with Crippen molar-refractivity contribution in [3.63, 3.8) is 0 Å².